The molecule has 0 saturated carbocycles. The molecular weight excluding hydrogens is 624 g/mol. The number of aromatic amines is 1. The third-order valence-corrected chi connectivity index (χ3v) is 7.15. The van der Waals surface area contributed by atoms with Crippen molar-refractivity contribution in [3.05, 3.63) is 5.82 Å². The fraction of sp³-hybridized carbons (Fsp3) is 0.708. The number of aryl methyl sites for hydroxylation is 1. The summed E-state index contributed by atoms with van der Waals surface area (Å²) in [6.45, 7) is 1.36. The molecule has 20 nitrogen and oxygen atoms in total. The van der Waals surface area contributed by atoms with E-state index in [-0.39, 0.29) is 64.9 Å². The summed E-state index contributed by atoms with van der Waals surface area (Å²) in [5.41, 5.74) is 0. The van der Waals surface area contributed by atoms with E-state index in [1.54, 1.807) is 6.92 Å². The van der Waals surface area contributed by atoms with Crippen molar-refractivity contribution in [1.82, 2.24) is 41.3 Å². The molecule has 0 aliphatic heterocycles. The summed E-state index contributed by atoms with van der Waals surface area (Å²) in [7, 11) is -3.89. The fourth-order valence-electron chi connectivity index (χ4n) is 3.50. The number of tetrazole rings is 1. The van der Waals surface area contributed by atoms with Gasteiger partial charge < -0.3 is 35.6 Å². The van der Waals surface area contributed by atoms with E-state index in [9.17, 15) is 42.3 Å². The molecule has 0 bridgehead atoms. The number of carboxylic acids is 2. The second kappa shape index (κ2) is 21.5. The molecule has 0 aromatic carbocycles. The van der Waals surface area contributed by atoms with Crippen LogP contribution in [0.2, 0.25) is 0 Å². The van der Waals surface area contributed by atoms with E-state index < -0.39 is 70.0 Å². The molecule has 0 spiro atoms. The van der Waals surface area contributed by atoms with Crippen LogP contribution in [0.5, 0.6) is 0 Å². The third kappa shape index (κ3) is 18.9. The Morgan fingerprint density at radius 2 is 1.51 bits per heavy atom. The molecule has 0 aliphatic rings. The standard InChI is InChI=1S/C24H40N8O12S/c1-2-16(23(37)38)26-20(34)9-8-17(24(39)40)27-22(36)15-44-13-12-43-11-10-25-19(33)7-4-14-45(41,42)30-21(35)6-3-5-18-28-31-32-29-18/h16-17H,2-15H2,1H3,(H,25,33)(H,26,34)(H,27,36)(H,30,35)(H,37,38)(H,39,40)(H,28,29,31,32). The Labute approximate surface area is 258 Å². The normalized spacial score (nSPS) is 12.5. The van der Waals surface area contributed by atoms with Crippen LogP contribution in [0.4, 0.5) is 0 Å². The zero-order valence-corrected chi connectivity index (χ0v) is 25.6. The molecule has 2 unspecified atom stereocenters. The minimum absolute atomic E-state index is 0.00591. The van der Waals surface area contributed by atoms with Gasteiger partial charge in [0.1, 0.15) is 18.7 Å². The first kappa shape index (κ1) is 38.8. The molecule has 4 amide bonds. The lowest BCUT2D eigenvalue weighted by Crippen LogP contribution is -2.44. The van der Waals surface area contributed by atoms with E-state index >= 15 is 0 Å². The number of H-pyrrole nitrogens is 1. The van der Waals surface area contributed by atoms with Gasteiger partial charge in [0.25, 0.3) is 0 Å². The topological polar surface area (TPSA) is 298 Å². The minimum Gasteiger partial charge on any atom is -0.480 e. The van der Waals surface area contributed by atoms with Gasteiger partial charge in [-0.1, -0.05) is 12.1 Å². The number of carbonyl (C=O) groups excluding carboxylic acids is 4. The van der Waals surface area contributed by atoms with Crippen LogP contribution < -0.4 is 20.7 Å². The molecule has 254 valence electrons. The Hall–Kier alpha value is -4.24. The summed E-state index contributed by atoms with van der Waals surface area (Å²) in [4.78, 5) is 69.9. The highest BCUT2D eigenvalue weighted by Gasteiger charge is 2.23. The minimum atomic E-state index is -3.89. The molecule has 0 aliphatic carbocycles. The maximum absolute atomic E-state index is 12.0. The Morgan fingerprint density at radius 3 is 2.16 bits per heavy atom. The summed E-state index contributed by atoms with van der Waals surface area (Å²) in [6.07, 6.45) is 0.141. The SMILES string of the molecule is CCC(NC(=O)CCC(NC(=O)COCCOCCNC(=O)CCCS(=O)(=O)NC(=O)CCCc1nn[nH]n1)C(=O)O)C(=O)O. The second-order valence-corrected chi connectivity index (χ2v) is 11.3. The molecule has 0 saturated heterocycles. The van der Waals surface area contributed by atoms with Gasteiger partial charge in [-0.15, -0.1) is 10.2 Å². The monoisotopic (exact) mass is 664 g/mol. The van der Waals surface area contributed by atoms with Crippen LogP contribution in [0.15, 0.2) is 0 Å². The lowest BCUT2D eigenvalue weighted by molar-refractivity contribution is -0.144. The first-order chi connectivity index (χ1) is 21.3. The number of amides is 4. The van der Waals surface area contributed by atoms with Crippen LogP contribution >= 0.6 is 0 Å². The van der Waals surface area contributed by atoms with Gasteiger partial charge in [0.2, 0.25) is 33.7 Å². The number of nitrogens with one attached hydrogen (secondary N) is 5. The van der Waals surface area contributed by atoms with E-state index in [2.05, 4.69) is 36.6 Å². The van der Waals surface area contributed by atoms with Crippen LogP contribution in [-0.4, -0.2) is 126 Å². The van der Waals surface area contributed by atoms with E-state index in [0.717, 1.165) is 0 Å². The first-order valence-electron chi connectivity index (χ1n) is 14.0. The van der Waals surface area contributed by atoms with Gasteiger partial charge in [-0.2, -0.15) is 5.21 Å². The predicted molar refractivity (Wildman–Crippen MR) is 152 cm³/mol. The van der Waals surface area contributed by atoms with Crippen LogP contribution in [0, 0.1) is 0 Å². The Morgan fingerprint density at radius 1 is 0.844 bits per heavy atom. The molecule has 21 heteroatoms. The molecule has 1 rings (SSSR count). The molecule has 2 atom stereocenters. The molecule has 1 aromatic rings. The number of carbonyl (C=O) groups is 6. The molecule has 1 heterocycles. The van der Waals surface area contributed by atoms with E-state index in [0.29, 0.717) is 18.7 Å². The average Bonchev–Trinajstić information content (AvgIpc) is 3.48. The second-order valence-electron chi connectivity index (χ2n) is 9.51. The first-order valence-corrected chi connectivity index (χ1v) is 15.7. The van der Waals surface area contributed by atoms with E-state index in [1.165, 1.54) is 0 Å². The van der Waals surface area contributed by atoms with Crippen molar-refractivity contribution in [1.29, 1.82) is 0 Å². The highest BCUT2D eigenvalue weighted by atomic mass is 32.2. The summed E-state index contributed by atoms with van der Waals surface area (Å²) in [6, 6.07) is -2.47. The maximum Gasteiger partial charge on any atom is 0.326 e. The van der Waals surface area contributed by atoms with Crippen molar-refractivity contribution < 1.29 is 56.9 Å². The number of ether oxygens (including phenoxy) is 2. The van der Waals surface area contributed by atoms with Crippen molar-refractivity contribution in [2.45, 2.75) is 70.4 Å². The van der Waals surface area contributed by atoms with Gasteiger partial charge >= 0.3 is 11.9 Å². The Kier molecular flexibility index (Phi) is 18.5. The molecule has 45 heavy (non-hydrogen) atoms. The number of sulfonamides is 1. The summed E-state index contributed by atoms with van der Waals surface area (Å²) in [5, 5.41) is 38.4. The fourth-order valence-corrected chi connectivity index (χ4v) is 4.58. The summed E-state index contributed by atoms with van der Waals surface area (Å²) in [5.74, 6) is -5.06. The molecule has 0 radical (unpaired) electrons. The number of nitrogens with zero attached hydrogens (tertiary/aromatic N) is 3. The highest BCUT2D eigenvalue weighted by Crippen LogP contribution is 2.02. The number of carboxylic acid groups (broad SMARTS) is 2. The number of rotatable bonds is 25. The smallest absolute Gasteiger partial charge is 0.326 e. The van der Waals surface area contributed by atoms with Crippen molar-refractivity contribution in [3.63, 3.8) is 0 Å². The number of aromatic nitrogens is 4. The van der Waals surface area contributed by atoms with Crippen LogP contribution in [-0.2, 0) is 54.7 Å². The quantitative estimate of drug-likeness (QED) is 0.0520. The highest BCUT2D eigenvalue weighted by molar-refractivity contribution is 7.90. The van der Waals surface area contributed by atoms with Gasteiger partial charge in [-0.3, -0.25) is 23.9 Å². The zero-order valence-electron chi connectivity index (χ0n) is 24.8. The van der Waals surface area contributed by atoms with Gasteiger partial charge in [-0.25, -0.2) is 18.0 Å². The predicted octanol–water partition coefficient (Wildman–Crippen LogP) is -2.77. The van der Waals surface area contributed by atoms with Crippen LogP contribution in [0.1, 0.15) is 57.7 Å². The largest absolute Gasteiger partial charge is 0.480 e. The lowest BCUT2D eigenvalue weighted by Gasteiger charge is -2.16. The Balaban J connectivity index is 2.10. The van der Waals surface area contributed by atoms with Crippen LogP contribution in [0.25, 0.3) is 0 Å². The zero-order chi connectivity index (χ0) is 33.7. The van der Waals surface area contributed by atoms with Crippen molar-refractivity contribution in [2.75, 3.05) is 38.7 Å². The van der Waals surface area contributed by atoms with Crippen LogP contribution in [0.3, 0.4) is 0 Å². The van der Waals surface area contributed by atoms with Crippen molar-refractivity contribution >= 4 is 45.6 Å². The van der Waals surface area contributed by atoms with Gasteiger partial charge in [0.15, 0.2) is 5.82 Å². The Bertz CT molecular complexity index is 1210. The molecule has 7 N–H and O–H groups in total. The number of hydrogen-bond donors (Lipinski definition) is 7. The number of hydrogen-bond acceptors (Lipinski definition) is 13. The van der Waals surface area contributed by atoms with Crippen molar-refractivity contribution in [3.8, 4) is 0 Å². The van der Waals surface area contributed by atoms with E-state index in [1.807, 2.05) is 4.72 Å². The van der Waals surface area contributed by atoms with Gasteiger partial charge in [0.05, 0.1) is 25.6 Å². The van der Waals surface area contributed by atoms with Gasteiger partial charge in [0, 0.05) is 32.2 Å². The number of aliphatic carboxylic acids is 2. The lowest BCUT2D eigenvalue weighted by atomic mass is 10.1. The summed E-state index contributed by atoms with van der Waals surface area (Å²) < 4.78 is 36.4. The third-order valence-electron chi connectivity index (χ3n) is 5.79. The van der Waals surface area contributed by atoms with E-state index in [4.69, 9.17) is 14.6 Å². The van der Waals surface area contributed by atoms with Crippen molar-refractivity contribution in [2.24, 2.45) is 0 Å². The molecule has 0 fully saturated rings. The molecule has 1 aromatic heterocycles. The average molecular weight is 665 g/mol. The van der Waals surface area contributed by atoms with Gasteiger partial charge in [-0.05, 0) is 25.7 Å². The maximum atomic E-state index is 12.0. The summed E-state index contributed by atoms with van der Waals surface area (Å²) >= 11 is 0. The molecular formula is C24H40N8O12S.